The Bertz CT molecular complexity index is 429. The number of benzene rings is 1. The molecule has 0 bridgehead atoms. The van der Waals surface area contributed by atoms with Gasteiger partial charge in [-0.25, -0.2) is 4.79 Å². The predicted octanol–water partition coefficient (Wildman–Crippen LogP) is 3.72. The van der Waals surface area contributed by atoms with Crippen molar-refractivity contribution in [1.29, 1.82) is 0 Å². The van der Waals surface area contributed by atoms with Gasteiger partial charge in [-0.05, 0) is 12.1 Å². The van der Waals surface area contributed by atoms with Crippen LogP contribution in [0.4, 0.5) is 18.0 Å². The maximum atomic E-state index is 11.7. The fourth-order valence-corrected chi connectivity index (χ4v) is 2.18. The zero-order valence-corrected chi connectivity index (χ0v) is 11.2. The van der Waals surface area contributed by atoms with Crippen molar-refractivity contribution in [2.45, 2.75) is 11.1 Å². The molecule has 0 saturated heterocycles. The average molecular weight is 314 g/mol. The Labute approximate surface area is 117 Å². The predicted molar refractivity (Wildman–Crippen MR) is 67.6 cm³/mol. The zero-order chi connectivity index (χ0) is 14.3. The number of thioether (sulfide) groups is 1. The van der Waals surface area contributed by atoms with Crippen molar-refractivity contribution in [1.82, 2.24) is 5.32 Å². The molecule has 0 aliphatic rings. The van der Waals surface area contributed by atoms with E-state index in [4.69, 9.17) is 11.6 Å². The molecule has 1 amide bonds. The molecular weight excluding hydrogens is 303 g/mol. The number of alkyl carbamates (subject to hydrolysis) is 1. The van der Waals surface area contributed by atoms with Crippen molar-refractivity contribution in [3.63, 3.8) is 0 Å². The molecule has 3 nitrogen and oxygen atoms in total. The van der Waals surface area contributed by atoms with Gasteiger partial charge in [0.1, 0.15) is 0 Å². The van der Waals surface area contributed by atoms with Gasteiger partial charge in [-0.2, -0.15) is 13.2 Å². The van der Waals surface area contributed by atoms with Crippen LogP contribution in [-0.2, 0) is 4.74 Å². The summed E-state index contributed by atoms with van der Waals surface area (Å²) in [6.45, 7) is -1.40. The summed E-state index contributed by atoms with van der Waals surface area (Å²) in [6.07, 6.45) is -5.60. The number of hydrogen-bond donors (Lipinski definition) is 1. The van der Waals surface area contributed by atoms with E-state index in [0.717, 1.165) is 4.90 Å². The third-order valence-corrected chi connectivity index (χ3v) is 3.35. The second kappa shape index (κ2) is 7.49. The van der Waals surface area contributed by atoms with E-state index in [1.807, 2.05) is 12.1 Å². The third kappa shape index (κ3) is 7.17. The highest BCUT2D eigenvalue weighted by Crippen LogP contribution is 2.25. The first kappa shape index (κ1) is 16.0. The molecule has 106 valence electrons. The minimum atomic E-state index is -4.51. The second-order valence-electron chi connectivity index (χ2n) is 3.40. The van der Waals surface area contributed by atoms with Gasteiger partial charge in [0, 0.05) is 17.2 Å². The van der Waals surface area contributed by atoms with Crippen LogP contribution < -0.4 is 5.32 Å². The molecule has 0 fully saturated rings. The molecule has 1 aromatic rings. The fraction of sp³-hybridized carbons (Fsp3) is 0.364. The van der Waals surface area contributed by atoms with Crippen LogP contribution in [0.1, 0.15) is 0 Å². The Balaban J connectivity index is 2.17. The normalized spacial score (nSPS) is 11.2. The van der Waals surface area contributed by atoms with Gasteiger partial charge < -0.3 is 10.1 Å². The van der Waals surface area contributed by atoms with Crippen molar-refractivity contribution in [2.75, 3.05) is 18.9 Å². The van der Waals surface area contributed by atoms with Crippen LogP contribution >= 0.6 is 23.4 Å². The standard InChI is InChI=1S/C11H11ClF3NO2S/c12-8-3-1-2-4-9(8)19-6-5-16-10(17)18-7-11(13,14)15/h1-4H,5-7H2,(H,16,17). The highest BCUT2D eigenvalue weighted by molar-refractivity contribution is 7.99. The maximum Gasteiger partial charge on any atom is 0.422 e. The Morgan fingerprint density at radius 2 is 2.05 bits per heavy atom. The van der Waals surface area contributed by atoms with Gasteiger partial charge in [0.25, 0.3) is 0 Å². The number of rotatable bonds is 5. The number of carbonyl (C=O) groups excluding carboxylic acids is 1. The first-order valence-corrected chi connectivity index (χ1v) is 6.59. The topological polar surface area (TPSA) is 38.3 Å². The lowest BCUT2D eigenvalue weighted by Gasteiger charge is -2.09. The Kier molecular flexibility index (Phi) is 6.30. The molecule has 0 spiro atoms. The molecule has 8 heteroatoms. The van der Waals surface area contributed by atoms with Crippen LogP contribution in [0.2, 0.25) is 5.02 Å². The van der Waals surface area contributed by atoms with E-state index in [-0.39, 0.29) is 6.54 Å². The SMILES string of the molecule is O=C(NCCSc1ccccc1Cl)OCC(F)(F)F. The molecular formula is C11H11ClF3NO2S. The van der Waals surface area contributed by atoms with Crippen LogP contribution in [-0.4, -0.2) is 31.2 Å². The molecule has 0 aliphatic carbocycles. The summed E-state index contributed by atoms with van der Waals surface area (Å²) in [5.74, 6) is 0.477. The van der Waals surface area contributed by atoms with E-state index >= 15 is 0 Å². The number of halogens is 4. The van der Waals surface area contributed by atoms with Gasteiger partial charge in [-0.1, -0.05) is 23.7 Å². The summed E-state index contributed by atoms with van der Waals surface area (Å²) in [4.78, 5) is 11.7. The van der Waals surface area contributed by atoms with E-state index in [1.54, 1.807) is 12.1 Å². The largest absolute Gasteiger partial charge is 0.440 e. The van der Waals surface area contributed by atoms with Crippen molar-refractivity contribution in [3.05, 3.63) is 29.3 Å². The van der Waals surface area contributed by atoms with Crippen molar-refractivity contribution >= 4 is 29.5 Å². The lowest BCUT2D eigenvalue weighted by Crippen LogP contribution is -2.30. The molecule has 0 saturated carbocycles. The van der Waals surface area contributed by atoms with Crippen molar-refractivity contribution < 1.29 is 22.7 Å². The van der Waals surface area contributed by atoms with Gasteiger partial charge in [0.2, 0.25) is 0 Å². The number of nitrogens with one attached hydrogen (secondary N) is 1. The molecule has 0 heterocycles. The summed E-state index contributed by atoms with van der Waals surface area (Å²) in [7, 11) is 0. The quantitative estimate of drug-likeness (QED) is 0.665. The van der Waals surface area contributed by atoms with E-state index in [1.165, 1.54) is 11.8 Å². The highest BCUT2D eigenvalue weighted by Gasteiger charge is 2.29. The highest BCUT2D eigenvalue weighted by atomic mass is 35.5. The van der Waals surface area contributed by atoms with Gasteiger partial charge in [-0.15, -0.1) is 11.8 Å². The molecule has 1 rings (SSSR count). The Hall–Kier alpha value is -1.08. The monoisotopic (exact) mass is 313 g/mol. The summed E-state index contributed by atoms with van der Waals surface area (Å²) in [6, 6.07) is 7.16. The first-order valence-electron chi connectivity index (χ1n) is 5.23. The summed E-state index contributed by atoms with van der Waals surface area (Å²) >= 11 is 7.30. The van der Waals surface area contributed by atoms with Crippen molar-refractivity contribution in [2.24, 2.45) is 0 Å². The second-order valence-corrected chi connectivity index (χ2v) is 4.94. The lowest BCUT2D eigenvalue weighted by molar-refractivity contribution is -0.160. The minimum Gasteiger partial charge on any atom is -0.440 e. The van der Waals surface area contributed by atoms with Crippen LogP contribution in [0, 0.1) is 0 Å². The first-order chi connectivity index (χ1) is 8.88. The van der Waals surface area contributed by atoms with E-state index in [0.29, 0.717) is 10.8 Å². The molecule has 19 heavy (non-hydrogen) atoms. The molecule has 1 N–H and O–H groups in total. The van der Waals surface area contributed by atoms with Crippen LogP contribution in [0.5, 0.6) is 0 Å². The van der Waals surface area contributed by atoms with Crippen molar-refractivity contribution in [3.8, 4) is 0 Å². The van der Waals surface area contributed by atoms with Gasteiger partial charge >= 0.3 is 12.3 Å². The molecule has 0 unspecified atom stereocenters. The zero-order valence-electron chi connectivity index (χ0n) is 9.67. The number of amides is 1. The Morgan fingerprint density at radius 1 is 1.37 bits per heavy atom. The minimum absolute atomic E-state index is 0.187. The number of alkyl halides is 3. The van der Waals surface area contributed by atoms with Gasteiger partial charge in [0.15, 0.2) is 6.61 Å². The molecule has 1 aromatic carbocycles. The summed E-state index contributed by atoms with van der Waals surface area (Å²) < 4.78 is 39.2. The van der Waals surface area contributed by atoms with E-state index in [2.05, 4.69) is 10.1 Å². The van der Waals surface area contributed by atoms with Crippen LogP contribution in [0.3, 0.4) is 0 Å². The third-order valence-electron chi connectivity index (χ3n) is 1.83. The molecule has 0 aromatic heterocycles. The number of ether oxygens (including phenoxy) is 1. The lowest BCUT2D eigenvalue weighted by atomic mass is 10.4. The van der Waals surface area contributed by atoms with Gasteiger partial charge in [-0.3, -0.25) is 0 Å². The molecule has 0 radical (unpaired) electrons. The van der Waals surface area contributed by atoms with Crippen LogP contribution in [0.25, 0.3) is 0 Å². The van der Waals surface area contributed by atoms with E-state index in [9.17, 15) is 18.0 Å². The summed E-state index contributed by atoms with van der Waals surface area (Å²) in [5.41, 5.74) is 0. The van der Waals surface area contributed by atoms with E-state index < -0.39 is 18.9 Å². The van der Waals surface area contributed by atoms with Crippen LogP contribution in [0.15, 0.2) is 29.2 Å². The van der Waals surface area contributed by atoms with Gasteiger partial charge in [0.05, 0.1) is 5.02 Å². The molecule has 0 atom stereocenters. The smallest absolute Gasteiger partial charge is 0.422 e. The Morgan fingerprint density at radius 3 is 2.68 bits per heavy atom. The maximum absolute atomic E-state index is 11.7. The number of carbonyl (C=O) groups is 1. The summed E-state index contributed by atoms with van der Waals surface area (Å²) in [5, 5.41) is 2.81. The molecule has 0 aliphatic heterocycles. The number of hydrogen-bond acceptors (Lipinski definition) is 3. The average Bonchev–Trinajstić information content (AvgIpc) is 2.33. The fourth-order valence-electron chi connectivity index (χ4n) is 1.07.